The molecule has 3 N–H and O–H groups in total. The lowest BCUT2D eigenvalue weighted by molar-refractivity contribution is -0.149. The first-order valence-electron chi connectivity index (χ1n) is 8.56. The normalized spacial score (nSPS) is 17.2. The average molecular weight is 474 g/mol. The van der Waals surface area contributed by atoms with Crippen molar-refractivity contribution in [2.45, 2.75) is 26.3 Å². The second-order valence-electron chi connectivity index (χ2n) is 6.00. The first-order chi connectivity index (χ1) is 12.0. The van der Waals surface area contributed by atoms with Crippen LogP contribution in [0.4, 0.5) is 0 Å². The zero-order chi connectivity index (χ0) is 18.2. The highest BCUT2D eigenvalue weighted by atomic mass is 127. The summed E-state index contributed by atoms with van der Waals surface area (Å²) >= 11 is 0. The lowest BCUT2D eigenvalue weighted by Gasteiger charge is -2.34. The van der Waals surface area contributed by atoms with E-state index in [1.165, 1.54) is 0 Å². The number of rotatable bonds is 5. The van der Waals surface area contributed by atoms with Crippen LogP contribution in [0.5, 0.6) is 0 Å². The summed E-state index contributed by atoms with van der Waals surface area (Å²) in [5.74, 6) is 0.0280. The van der Waals surface area contributed by atoms with E-state index in [1.807, 2.05) is 13.0 Å². The molecular formula is C18H27IN4O3. The average Bonchev–Trinajstić information content (AvgIpc) is 2.63. The molecule has 0 aliphatic carbocycles. The van der Waals surface area contributed by atoms with Crippen molar-refractivity contribution in [1.82, 2.24) is 10.2 Å². The smallest absolute Gasteiger partial charge is 0.310 e. The maximum Gasteiger partial charge on any atom is 0.310 e. The van der Waals surface area contributed by atoms with E-state index < -0.39 is 5.91 Å². The van der Waals surface area contributed by atoms with Crippen LogP contribution in [-0.4, -0.2) is 49.5 Å². The van der Waals surface area contributed by atoms with Crippen LogP contribution >= 0.6 is 24.0 Å². The van der Waals surface area contributed by atoms with Crippen molar-refractivity contribution in [1.29, 1.82) is 0 Å². The molecule has 0 saturated carbocycles. The van der Waals surface area contributed by atoms with Crippen molar-refractivity contribution in [3.05, 3.63) is 35.4 Å². The standard InChI is InChI=1S/C18H26N4O3.HI/c1-3-25-17(24)15-8-5-9-22(12-15)18(20-2)21-11-13-6-4-7-14(10-13)16(19)23;/h4,6-7,10,15H,3,5,8-9,11-12H2,1-2H3,(H2,19,23)(H,20,21);1H. The molecule has 1 unspecified atom stereocenters. The number of nitrogens with one attached hydrogen (secondary N) is 1. The zero-order valence-electron chi connectivity index (χ0n) is 15.2. The summed E-state index contributed by atoms with van der Waals surface area (Å²) in [6, 6.07) is 7.18. The first kappa shape index (κ1) is 22.2. The molecule has 7 nitrogen and oxygen atoms in total. The molecule has 1 saturated heterocycles. The molecule has 144 valence electrons. The van der Waals surface area contributed by atoms with Gasteiger partial charge >= 0.3 is 5.97 Å². The molecule has 2 rings (SSSR count). The SMILES string of the molecule is CCOC(=O)C1CCCN(C(=NC)NCc2cccc(C(N)=O)c2)C1.I. The Kier molecular flexibility index (Phi) is 9.39. The van der Waals surface area contributed by atoms with Crippen LogP contribution < -0.4 is 11.1 Å². The Morgan fingerprint density at radius 1 is 1.42 bits per heavy atom. The number of amides is 1. The van der Waals surface area contributed by atoms with Gasteiger partial charge < -0.3 is 20.7 Å². The Hall–Kier alpha value is -1.84. The van der Waals surface area contributed by atoms with Crippen LogP contribution in [-0.2, 0) is 16.1 Å². The third-order valence-electron chi connectivity index (χ3n) is 4.21. The van der Waals surface area contributed by atoms with Crippen LogP contribution in [0.3, 0.4) is 0 Å². The monoisotopic (exact) mass is 474 g/mol. The molecule has 1 aromatic carbocycles. The van der Waals surface area contributed by atoms with Crippen molar-refractivity contribution in [3.63, 3.8) is 0 Å². The van der Waals surface area contributed by atoms with E-state index in [9.17, 15) is 9.59 Å². The number of nitrogens with two attached hydrogens (primary N) is 1. The van der Waals surface area contributed by atoms with Crippen LogP contribution in [0.15, 0.2) is 29.3 Å². The summed E-state index contributed by atoms with van der Waals surface area (Å²) in [5.41, 5.74) is 6.74. The highest BCUT2D eigenvalue weighted by molar-refractivity contribution is 14.0. The fraction of sp³-hybridized carbons (Fsp3) is 0.500. The summed E-state index contributed by atoms with van der Waals surface area (Å²) in [6.07, 6.45) is 1.76. The number of piperidine rings is 1. The van der Waals surface area contributed by atoms with E-state index in [2.05, 4.69) is 15.2 Å². The topological polar surface area (TPSA) is 97.0 Å². The third-order valence-corrected chi connectivity index (χ3v) is 4.21. The molecule has 1 aliphatic heterocycles. The van der Waals surface area contributed by atoms with E-state index >= 15 is 0 Å². The third kappa shape index (κ3) is 6.15. The number of nitrogens with zero attached hydrogens (tertiary/aromatic N) is 2. The maximum atomic E-state index is 12.0. The predicted molar refractivity (Wildman–Crippen MR) is 112 cm³/mol. The molecule has 26 heavy (non-hydrogen) atoms. The van der Waals surface area contributed by atoms with Crippen molar-refractivity contribution >= 4 is 41.8 Å². The van der Waals surface area contributed by atoms with Gasteiger partial charge in [-0.25, -0.2) is 0 Å². The minimum atomic E-state index is -0.445. The first-order valence-corrected chi connectivity index (χ1v) is 8.56. The van der Waals surface area contributed by atoms with Gasteiger partial charge in [0.05, 0.1) is 12.5 Å². The quantitative estimate of drug-likeness (QED) is 0.294. The number of carbonyl (C=O) groups excluding carboxylic acids is 2. The van der Waals surface area contributed by atoms with E-state index in [0.717, 1.165) is 30.9 Å². The second kappa shape index (κ2) is 11.0. The Morgan fingerprint density at radius 3 is 2.85 bits per heavy atom. The summed E-state index contributed by atoms with van der Waals surface area (Å²) < 4.78 is 5.14. The largest absolute Gasteiger partial charge is 0.466 e. The van der Waals surface area contributed by atoms with Gasteiger partial charge in [-0.2, -0.15) is 0 Å². The molecular weight excluding hydrogens is 447 g/mol. The van der Waals surface area contributed by atoms with E-state index in [4.69, 9.17) is 10.5 Å². The van der Waals surface area contributed by atoms with Gasteiger partial charge in [0, 0.05) is 32.2 Å². The number of benzene rings is 1. The molecule has 1 aromatic rings. The molecule has 1 heterocycles. The van der Waals surface area contributed by atoms with Crippen LogP contribution in [0.2, 0.25) is 0 Å². The lowest BCUT2D eigenvalue weighted by atomic mass is 9.98. The van der Waals surface area contributed by atoms with Crippen LogP contribution in [0.25, 0.3) is 0 Å². The fourth-order valence-electron chi connectivity index (χ4n) is 2.97. The highest BCUT2D eigenvalue weighted by Gasteiger charge is 2.28. The summed E-state index contributed by atoms with van der Waals surface area (Å²) in [7, 11) is 1.72. The lowest BCUT2D eigenvalue weighted by Crippen LogP contribution is -2.48. The van der Waals surface area contributed by atoms with Gasteiger partial charge in [0.1, 0.15) is 0 Å². The molecule has 0 radical (unpaired) electrons. The van der Waals surface area contributed by atoms with Gasteiger partial charge in [-0.15, -0.1) is 24.0 Å². The van der Waals surface area contributed by atoms with Crippen molar-refractivity contribution in [3.8, 4) is 0 Å². The number of hydrogen-bond donors (Lipinski definition) is 2. The van der Waals surface area contributed by atoms with Crippen molar-refractivity contribution in [2.75, 3.05) is 26.7 Å². The highest BCUT2D eigenvalue weighted by Crippen LogP contribution is 2.18. The number of likely N-dealkylation sites (tertiary alicyclic amines) is 1. The Labute approximate surface area is 171 Å². The molecule has 1 fully saturated rings. The van der Waals surface area contributed by atoms with E-state index in [0.29, 0.717) is 25.3 Å². The number of aliphatic imine (C=N–C) groups is 1. The molecule has 8 heteroatoms. The molecule has 1 amide bonds. The number of esters is 1. The Morgan fingerprint density at radius 2 is 2.19 bits per heavy atom. The Bertz CT molecular complexity index is 651. The van der Waals surface area contributed by atoms with Gasteiger partial charge in [-0.3, -0.25) is 14.6 Å². The molecule has 1 atom stereocenters. The predicted octanol–water partition coefficient (Wildman–Crippen LogP) is 1.75. The number of guanidine groups is 1. The second-order valence-corrected chi connectivity index (χ2v) is 6.00. The minimum absolute atomic E-state index is 0. The van der Waals surface area contributed by atoms with Crippen LogP contribution in [0.1, 0.15) is 35.7 Å². The summed E-state index contributed by atoms with van der Waals surface area (Å²) in [6.45, 7) is 4.18. The van der Waals surface area contributed by atoms with Crippen molar-refractivity contribution < 1.29 is 14.3 Å². The van der Waals surface area contributed by atoms with Crippen molar-refractivity contribution in [2.24, 2.45) is 16.6 Å². The number of halogens is 1. The van der Waals surface area contributed by atoms with Gasteiger partial charge in [0.2, 0.25) is 5.91 Å². The van der Waals surface area contributed by atoms with Crippen LogP contribution in [0, 0.1) is 5.92 Å². The van der Waals surface area contributed by atoms with E-state index in [-0.39, 0.29) is 35.9 Å². The minimum Gasteiger partial charge on any atom is -0.466 e. The fourth-order valence-corrected chi connectivity index (χ4v) is 2.97. The summed E-state index contributed by atoms with van der Waals surface area (Å²) in [5, 5.41) is 3.28. The maximum absolute atomic E-state index is 12.0. The van der Waals surface area contributed by atoms with Gasteiger partial charge in [0.25, 0.3) is 0 Å². The molecule has 0 aromatic heterocycles. The molecule has 0 spiro atoms. The van der Waals surface area contributed by atoms with Gasteiger partial charge in [-0.05, 0) is 37.5 Å². The number of ether oxygens (including phenoxy) is 1. The summed E-state index contributed by atoms with van der Waals surface area (Å²) in [4.78, 5) is 29.6. The van der Waals surface area contributed by atoms with Gasteiger partial charge in [-0.1, -0.05) is 12.1 Å². The molecule has 1 aliphatic rings. The zero-order valence-corrected chi connectivity index (χ0v) is 17.6. The Balaban J connectivity index is 0.00000338. The van der Waals surface area contributed by atoms with Gasteiger partial charge in [0.15, 0.2) is 5.96 Å². The van der Waals surface area contributed by atoms with E-state index in [1.54, 1.807) is 25.2 Å². The molecule has 0 bridgehead atoms. The number of hydrogen-bond acceptors (Lipinski definition) is 4. The number of primary amides is 1. The number of carbonyl (C=O) groups is 2.